The van der Waals surface area contributed by atoms with E-state index in [4.69, 9.17) is 0 Å². The fourth-order valence-electron chi connectivity index (χ4n) is 0.224. The Balaban J connectivity index is -0.0000000268. The van der Waals surface area contributed by atoms with Crippen LogP contribution in [0, 0.1) is 14.1 Å². The SMILES string of the molecule is CCC.[CH2-]N.[CH2-]N(CC)CC.[Y].[Y]. The quantitative estimate of drug-likeness (QED) is 0.783. The maximum Gasteiger partial charge on any atom is 0 e. The van der Waals surface area contributed by atoms with Crippen molar-refractivity contribution in [3.05, 3.63) is 14.1 Å². The molecular weight excluding hydrogens is 314 g/mol. The molecule has 0 fully saturated rings. The van der Waals surface area contributed by atoms with Crippen LogP contribution in [-0.2, 0) is 65.4 Å². The Hall–Kier alpha value is 2.13. The molecule has 0 bridgehead atoms. The Morgan fingerprint density at radius 3 is 1.08 bits per heavy atom. The summed E-state index contributed by atoms with van der Waals surface area (Å²) in [4.78, 5) is 2.00. The Morgan fingerprint density at radius 2 is 1.08 bits per heavy atom. The number of hydrogen-bond acceptors (Lipinski definition) is 2. The summed E-state index contributed by atoms with van der Waals surface area (Å²) in [5, 5.41) is 0. The van der Waals surface area contributed by atoms with Crippen molar-refractivity contribution in [2.24, 2.45) is 5.73 Å². The monoisotopic (exact) mass is 338 g/mol. The third-order valence-electron chi connectivity index (χ3n) is 0.894. The summed E-state index contributed by atoms with van der Waals surface area (Å²) in [6.07, 6.45) is 1.25. The smallest absolute Gasteiger partial charge is 0 e. The molecule has 0 aromatic heterocycles. The third kappa shape index (κ3) is 55.3. The van der Waals surface area contributed by atoms with Crippen LogP contribution in [0.4, 0.5) is 0 Å². The summed E-state index contributed by atoms with van der Waals surface area (Å²) in [7, 11) is 6.46. The molecule has 78 valence electrons. The minimum atomic E-state index is 0. The van der Waals surface area contributed by atoms with Gasteiger partial charge in [0.15, 0.2) is 0 Å². The molecule has 2 N–H and O–H groups in total. The normalized spacial score (nSPS) is 6.46. The number of nitrogens with two attached hydrogens (primary N) is 1. The van der Waals surface area contributed by atoms with Crippen molar-refractivity contribution in [2.75, 3.05) is 13.1 Å². The second kappa shape index (κ2) is 36.9. The summed E-state index contributed by atoms with van der Waals surface area (Å²) in [6.45, 7) is 10.5. The van der Waals surface area contributed by atoms with Crippen molar-refractivity contribution >= 4 is 0 Å². The molecule has 0 amide bonds. The van der Waals surface area contributed by atoms with Gasteiger partial charge in [0.05, 0.1) is 0 Å². The van der Waals surface area contributed by atoms with Gasteiger partial charge in [-0.15, -0.1) is 0 Å². The van der Waals surface area contributed by atoms with E-state index in [-0.39, 0.29) is 65.4 Å². The summed E-state index contributed by atoms with van der Waals surface area (Å²) in [6, 6.07) is 0. The predicted molar refractivity (Wildman–Crippen MR) is 53.8 cm³/mol. The number of hydrogen-bond donors (Lipinski definition) is 1. The van der Waals surface area contributed by atoms with E-state index in [1.807, 2.05) is 4.90 Å². The van der Waals surface area contributed by atoms with Crippen LogP contribution in [-0.4, -0.2) is 18.0 Å². The molecule has 0 rings (SSSR count). The van der Waals surface area contributed by atoms with Gasteiger partial charge in [0.2, 0.25) is 0 Å². The molecule has 2 radical (unpaired) electrons. The Bertz CT molecular complexity index is 42.6. The van der Waals surface area contributed by atoms with Gasteiger partial charge in [-0.3, -0.25) is 14.1 Å². The van der Waals surface area contributed by atoms with E-state index < -0.39 is 0 Å². The molecule has 13 heavy (non-hydrogen) atoms. The van der Waals surface area contributed by atoms with Gasteiger partial charge >= 0.3 is 0 Å². The zero-order valence-electron chi connectivity index (χ0n) is 9.71. The molecule has 0 unspecified atom stereocenters. The molecule has 0 aliphatic rings. The maximum atomic E-state index is 4.25. The molecule has 0 atom stereocenters. The van der Waals surface area contributed by atoms with Gasteiger partial charge in [-0.1, -0.05) is 34.1 Å². The van der Waals surface area contributed by atoms with Gasteiger partial charge in [0.25, 0.3) is 0 Å². The minimum Gasteiger partial charge on any atom is -0.486 e. The molecule has 0 aliphatic heterocycles. The molecule has 2 nitrogen and oxygen atoms in total. The standard InChI is InChI=1S/C5H12N.C3H8.CH4N.2Y/c1-4-6(3)5-2;1-3-2;1-2;;/h3-5H2,1-2H3;3H2,1-2H3;1-2H2;;/q-1;;-1;;. The van der Waals surface area contributed by atoms with Crippen LogP contribution in [0.5, 0.6) is 0 Å². The molecule has 0 aliphatic carbocycles. The van der Waals surface area contributed by atoms with E-state index >= 15 is 0 Å². The first-order valence-corrected chi connectivity index (χ1v) is 4.19. The van der Waals surface area contributed by atoms with Crippen LogP contribution in [0.1, 0.15) is 34.1 Å². The molecular formula is C9H24N2Y2-2. The van der Waals surface area contributed by atoms with E-state index in [1.54, 1.807) is 0 Å². The molecule has 0 heterocycles. The van der Waals surface area contributed by atoms with E-state index in [2.05, 4.69) is 47.5 Å². The third-order valence-corrected chi connectivity index (χ3v) is 0.894. The Labute approximate surface area is 136 Å². The zero-order valence-corrected chi connectivity index (χ0v) is 15.4. The summed E-state index contributed by atoms with van der Waals surface area (Å²) in [5.41, 5.74) is 4.25. The fourth-order valence-corrected chi connectivity index (χ4v) is 0.224. The summed E-state index contributed by atoms with van der Waals surface area (Å²) < 4.78 is 0. The summed E-state index contributed by atoms with van der Waals surface area (Å²) in [5.74, 6) is 0. The maximum absolute atomic E-state index is 4.25. The van der Waals surface area contributed by atoms with Crippen LogP contribution in [0.2, 0.25) is 0 Å². The van der Waals surface area contributed by atoms with Crippen LogP contribution in [0.15, 0.2) is 0 Å². The van der Waals surface area contributed by atoms with E-state index in [0.29, 0.717) is 0 Å². The molecule has 4 heteroatoms. The largest absolute Gasteiger partial charge is 0.486 e. The Kier molecular flexibility index (Phi) is 83.5. The van der Waals surface area contributed by atoms with Gasteiger partial charge in [0.1, 0.15) is 0 Å². The van der Waals surface area contributed by atoms with Gasteiger partial charge in [-0.25, -0.2) is 0 Å². The molecule has 0 aromatic rings. The van der Waals surface area contributed by atoms with E-state index in [0.717, 1.165) is 13.1 Å². The first kappa shape index (κ1) is 29.4. The van der Waals surface area contributed by atoms with Crippen molar-refractivity contribution in [3.8, 4) is 0 Å². The fraction of sp³-hybridized carbons (Fsp3) is 0.778. The second-order valence-corrected chi connectivity index (χ2v) is 2.01. The van der Waals surface area contributed by atoms with Gasteiger partial charge in [0, 0.05) is 65.4 Å². The van der Waals surface area contributed by atoms with Crippen LogP contribution < -0.4 is 5.73 Å². The molecule has 0 saturated heterocycles. The minimum absolute atomic E-state index is 0. The van der Waals surface area contributed by atoms with Crippen molar-refractivity contribution in [1.82, 2.24) is 4.90 Å². The molecule has 0 saturated carbocycles. The first-order chi connectivity index (χ1) is 5.22. The number of rotatable bonds is 2. The van der Waals surface area contributed by atoms with Crippen LogP contribution in [0.25, 0.3) is 0 Å². The average Bonchev–Trinajstić information content (AvgIpc) is 2.08. The number of nitrogens with zero attached hydrogens (tertiary/aromatic N) is 1. The van der Waals surface area contributed by atoms with Gasteiger partial charge in [-0.2, -0.15) is 0 Å². The first-order valence-electron chi connectivity index (χ1n) is 4.19. The predicted octanol–water partition coefficient (Wildman–Crippen LogP) is 2.27. The van der Waals surface area contributed by atoms with Crippen molar-refractivity contribution in [1.29, 1.82) is 0 Å². The topological polar surface area (TPSA) is 29.3 Å². The Morgan fingerprint density at radius 1 is 0.923 bits per heavy atom. The van der Waals surface area contributed by atoms with Crippen molar-refractivity contribution < 1.29 is 65.4 Å². The van der Waals surface area contributed by atoms with E-state index in [1.165, 1.54) is 6.42 Å². The zero-order chi connectivity index (χ0) is 9.70. The second-order valence-electron chi connectivity index (χ2n) is 2.01. The average molecular weight is 338 g/mol. The van der Waals surface area contributed by atoms with E-state index in [9.17, 15) is 0 Å². The van der Waals surface area contributed by atoms with Crippen LogP contribution >= 0.6 is 0 Å². The van der Waals surface area contributed by atoms with Crippen LogP contribution in [0.3, 0.4) is 0 Å². The van der Waals surface area contributed by atoms with Crippen molar-refractivity contribution in [2.45, 2.75) is 34.1 Å². The van der Waals surface area contributed by atoms with Gasteiger partial charge < -0.3 is 10.6 Å². The summed E-state index contributed by atoms with van der Waals surface area (Å²) >= 11 is 0. The molecule has 0 aromatic carbocycles. The van der Waals surface area contributed by atoms with Gasteiger partial charge in [-0.05, 0) is 13.1 Å². The van der Waals surface area contributed by atoms with Crippen molar-refractivity contribution in [3.63, 3.8) is 0 Å². The molecule has 0 spiro atoms.